The number of aromatic nitrogens is 1. The van der Waals surface area contributed by atoms with Crippen LogP contribution in [0.1, 0.15) is 25.3 Å². The molecule has 10 heteroatoms. The number of rotatable bonds is 6. The maximum Gasteiger partial charge on any atom is 0.198 e. The van der Waals surface area contributed by atoms with Gasteiger partial charge in [0.1, 0.15) is 6.17 Å². The average molecular weight is 479 g/mol. The molecule has 3 aliphatic rings. The molecule has 0 saturated carbocycles. The molecule has 0 spiro atoms. The van der Waals surface area contributed by atoms with Gasteiger partial charge in [-0.3, -0.25) is 15.1 Å². The molecule has 0 bridgehead atoms. The molecule has 2 N–H and O–H groups in total. The third kappa shape index (κ3) is 4.93. The zero-order valence-corrected chi connectivity index (χ0v) is 20.3. The maximum atomic E-state index is 15.5. The van der Waals surface area contributed by atoms with Crippen LogP contribution in [0.25, 0.3) is 11.0 Å². The Labute approximate surface area is 197 Å². The van der Waals surface area contributed by atoms with Gasteiger partial charge in [-0.2, -0.15) is 5.10 Å². The molecule has 3 heterocycles. The van der Waals surface area contributed by atoms with E-state index in [1.165, 1.54) is 12.3 Å². The van der Waals surface area contributed by atoms with Crippen LogP contribution in [0.4, 0.5) is 4.39 Å². The van der Waals surface area contributed by atoms with Crippen LogP contribution in [0.3, 0.4) is 0 Å². The Morgan fingerprint density at radius 3 is 2.88 bits per heavy atom. The number of nitrogens with zero attached hydrogens (tertiary/aromatic N) is 4. The highest BCUT2D eigenvalue weighted by Crippen LogP contribution is 2.31. The van der Waals surface area contributed by atoms with E-state index < -0.39 is 6.17 Å². The number of hydrazone groups is 1. The lowest BCUT2D eigenvalue weighted by Crippen LogP contribution is -2.59. The molecular formula is C22H31FN6OS2. The molecule has 1 saturated heterocycles. The number of aryl methyl sites for hydroxylation is 1. The largest absolute Gasteiger partial charge is 0.361 e. The third-order valence-electron chi connectivity index (χ3n) is 6.18. The van der Waals surface area contributed by atoms with Gasteiger partial charge in [0, 0.05) is 61.3 Å². The molecule has 2 aliphatic heterocycles. The Bertz CT molecular complexity index is 1060. The van der Waals surface area contributed by atoms with Gasteiger partial charge in [0.15, 0.2) is 10.5 Å². The molecule has 7 nitrogen and oxygen atoms in total. The van der Waals surface area contributed by atoms with E-state index in [-0.39, 0.29) is 11.5 Å². The van der Waals surface area contributed by atoms with E-state index in [1.54, 1.807) is 11.8 Å². The Hall–Kier alpha value is -1.75. The molecule has 0 radical (unpaired) electrons. The summed E-state index contributed by atoms with van der Waals surface area (Å²) in [7, 11) is 2.10. The summed E-state index contributed by atoms with van der Waals surface area (Å²) in [6, 6.07) is -0.306. The summed E-state index contributed by atoms with van der Waals surface area (Å²) in [5.74, 6) is 0.863. The highest BCUT2D eigenvalue weighted by atomic mass is 32.2. The summed E-state index contributed by atoms with van der Waals surface area (Å²) in [6.07, 6.45) is 5.74. The van der Waals surface area contributed by atoms with E-state index in [2.05, 4.69) is 44.2 Å². The molecular weight excluding hydrogens is 447 g/mol. The highest BCUT2D eigenvalue weighted by molar-refractivity contribution is 8.08. The van der Waals surface area contributed by atoms with E-state index in [4.69, 9.17) is 12.2 Å². The fraction of sp³-hybridized carbons (Fsp3) is 0.591. The molecule has 1 fully saturated rings. The normalized spacial score (nSPS) is 23.7. The summed E-state index contributed by atoms with van der Waals surface area (Å²) < 4.78 is 17.5. The minimum absolute atomic E-state index is 0.189. The number of pyridine rings is 1. The molecule has 2 atom stereocenters. The smallest absolute Gasteiger partial charge is 0.198 e. The fourth-order valence-electron chi connectivity index (χ4n) is 4.39. The quantitative estimate of drug-likeness (QED) is 0.259. The van der Waals surface area contributed by atoms with Crippen molar-refractivity contribution in [2.45, 2.75) is 38.5 Å². The second-order valence-electron chi connectivity index (χ2n) is 8.46. The first-order chi connectivity index (χ1) is 15.5. The number of hydrogen-bond donors (Lipinski definition) is 2. The zero-order chi connectivity index (χ0) is 22.7. The number of unbranched alkanes of at least 4 members (excludes halogenated alkanes) is 1. The van der Waals surface area contributed by atoms with Crippen molar-refractivity contribution in [3.8, 4) is 0 Å². The molecule has 4 rings (SSSR count). The van der Waals surface area contributed by atoms with Gasteiger partial charge in [-0.05, 0) is 31.8 Å². The van der Waals surface area contributed by atoms with Crippen molar-refractivity contribution < 1.29 is 4.39 Å². The van der Waals surface area contributed by atoms with E-state index in [1.807, 2.05) is 6.20 Å². The average Bonchev–Trinajstić information content (AvgIpc) is 2.78. The topological polar surface area (TPSA) is 64.9 Å². The first-order valence-electron chi connectivity index (χ1n) is 11.3. The molecule has 0 aromatic carbocycles. The molecule has 0 amide bonds. The Morgan fingerprint density at radius 2 is 2.12 bits per heavy atom. The molecule has 2 unspecified atom stereocenters. The molecule has 1 aromatic heterocycles. The van der Waals surface area contributed by atoms with Crippen molar-refractivity contribution in [1.82, 2.24) is 25.1 Å². The van der Waals surface area contributed by atoms with Gasteiger partial charge in [-0.15, -0.1) is 11.8 Å². The summed E-state index contributed by atoms with van der Waals surface area (Å²) >= 11 is 6.89. The van der Waals surface area contributed by atoms with Crippen molar-refractivity contribution >= 4 is 46.3 Å². The van der Waals surface area contributed by atoms with E-state index in [0.717, 1.165) is 68.1 Å². The highest BCUT2D eigenvalue weighted by Gasteiger charge is 2.36. The molecule has 1 aromatic rings. The van der Waals surface area contributed by atoms with Gasteiger partial charge < -0.3 is 14.8 Å². The van der Waals surface area contributed by atoms with Crippen LogP contribution in [0, 0.1) is 0 Å². The lowest BCUT2D eigenvalue weighted by atomic mass is 10.0. The first-order valence-corrected chi connectivity index (χ1v) is 12.6. The second-order valence-corrected chi connectivity index (χ2v) is 10.0. The lowest BCUT2D eigenvalue weighted by molar-refractivity contribution is 0.109. The predicted octanol–water partition coefficient (Wildman–Crippen LogP) is 0.0496. The lowest BCUT2D eigenvalue weighted by Gasteiger charge is -2.41. The van der Waals surface area contributed by atoms with Crippen LogP contribution in [0.2, 0.25) is 0 Å². The summed E-state index contributed by atoms with van der Waals surface area (Å²) in [6.45, 7) is 7.20. The monoisotopic (exact) mass is 478 g/mol. The number of likely N-dealkylation sites (N-methyl/N-ethyl adjacent to an activating group) is 1. The van der Waals surface area contributed by atoms with Crippen molar-refractivity contribution in [3.63, 3.8) is 0 Å². The van der Waals surface area contributed by atoms with Crippen LogP contribution in [0.5, 0.6) is 0 Å². The summed E-state index contributed by atoms with van der Waals surface area (Å²) in [5, 5.41) is 8.96. The van der Waals surface area contributed by atoms with Gasteiger partial charge in [-0.1, -0.05) is 13.3 Å². The van der Waals surface area contributed by atoms with Crippen molar-refractivity contribution in [2.24, 2.45) is 5.10 Å². The summed E-state index contributed by atoms with van der Waals surface area (Å²) in [5.41, 5.74) is 3.00. The number of hydrogen-bond acceptors (Lipinski definition) is 6. The standard InChI is InChI=1S/C22H31FN6OS2/c1-3-4-5-24-22(31)26-25-13-15-14-29-10-11-32-21-18(29)16(20(15)30)12-17(23)19(21)28-8-6-27(2)7-9-28/h12-14,17,19H,3-11H2,1-2H3,(H2,24,26,31)/b25-13+. The van der Waals surface area contributed by atoms with Crippen molar-refractivity contribution in [1.29, 1.82) is 0 Å². The number of thiocarbonyl (C=S) groups is 1. The zero-order valence-electron chi connectivity index (χ0n) is 18.6. The van der Waals surface area contributed by atoms with Gasteiger partial charge in [0.2, 0.25) is 0 Å². The molecule has 1 aliphatic carbocycles. The minimum Gasteiger partial charge on any atom is -0.361 e. The fourth-order valence-corrected chi connectivity index (χ4v) is 5.87. The molecule has 32 heavy (non-hydrogen) atoms. The number of alkyl halides is 1. The maximum absolute atomic E-state index is 15.5. The second kappa shape index (κ2) is 10.5. The number of nitrogens with one attached hydrogen (secondary N) is 2. The van der Waals surface area contributed by atoms with Gasteiger partial charge in [0.05, 0.1) is 23.2 Å². The van der Waals surface area contributed by atoms with Gasteiger partial charge in [0.25, 0.3) is 0 Å². The number of halogens is 1. The van der Waals surface area contributed by atoms with Crippen LogP contribution < -0.4 is 26.7 Å². The first kappa shape index (κ1) is 23.4. The van der Waals surface area contributed by atoms with Gasteiger partial charge >= 0.3 is 0 Å². The van der Waals surface area contributed by atoms with Gasteiger partial charge in [-0.25, -0.2) is 4.39 Å². The Balaban J connectivity index is 1.63. The Kier molecular flexibility index (Phi) is 7.65. The van der Waals surface area contributed by atoms with Crippen molar-refractivity contribution in [3.05, 3.63) is 32.6 Å². The molecule has 174 valence electrons. The van der Waals surface area contributed by atoms with Crippen LogP contribution in [-0.4, -0.2) is 83.4 Å². The SMILES string of the molecule is CCCCNC(=S)N/N=C/c1cn2c3c(c1=O)=CC(F)C(N1CCN(C)CC1)C=3SCC2. The minimum atomic E-state index is -1.20. The third-order valence-corrected chi connectivity index (χ3v) is 7.55. The van der Waals surface area contributed by atoms with E-state index in [0.29, 0.717) is 15.9 Å². The van der Waals surface area contributed by atoms with Crippen LogP contribution >= 0.6 is 24.0 Å². The number of thioether (sulfide) groups is 1. The van der Waals surface area contributed by atoms with E-state index >= 15 is 4.39 Å². The van der Waals surface area contributed by atoms with Crippen LogP contribution in [-0.2, 0) is 6.54 Å². The Morgan fingerprint density at radius 1 is 1.34 bits per heavy atom. The predicted molar refractivity (Wildman–Crippen MR) is 134 cm³/mol. The summed E-state index contributed by atoms with van der Waals surface area (Å²) in [4.78, 5) is 18.7. The van der Waals surface area contributed by atoms with Crippen LogP contribution in [0.15, 0.2) is 16.1 Å². The van der Waals surface area contributed by atoms with E-state index in [9.17, 15) is 4.79 Å². The number of piperazine rings is 1. The van der Waals surface area contributed by atoms with Crippen molar-refractivity contribution in [2.75, 3.05) is 45.5 Å².